The van der Waals surface area contributed by atoms with Gasteiger partial charge in [-0.05, 0) is 29.5 Å². The molecule has 6 nitrogen and oxygen atoms in total. The molecule has 0 aliphatic carbocycles. The van der Waals surface area contributed by atoms with Gasteiger partial charge < -0.3 is 10.1 Å². The first-order chi connectivity index (χ1) is 10.2. The quantitative estimate of drug-likeness (QED) is 0.644. The number of nitrogens with zero attached hydrogens (tertiary/aromatic N) is 4. The third kappa shape index (κ3) is 2.90. The third-order valence-corrected chi connectivity index (χ3v) is 3.06. The van der Waals surface area contributed by atoms with Gasteiger partial charge >= 0.3 is 12.0 Å². The number of rotatable bonds is 3. The summed E-state index contributed by atoms with van der Waals surface area (Å²) < 4.78 is 39.1. The average molecular weight is 310 g/mol. The first-order valence-electron chi connectivity index (χ1n) is 6.02. The lowest BCUT2D eigenvalue weighted by Gasteiger charge is -2.08. The normalized spacial score (nSPS) is 11.2. The van der Waals surface area contributed by atoms with Crippen molar-refractivity contribution in [2.24, 2.45) is 0 Å². The summed E-state index contributed by atoms with van der Waals surface area (Å²) in [7, 11) is 0. The van der Waals surface area contributed by atoms with E-state index in [-0.39, 0.29) is 23.4 Å². The van der Waals surface area contributed by atoms with Crippen molar-refractivity contribution in [3.05, 3.63) is 56.8 Å². The predicted molar refractivity (Wildman–Crippen MR) is 68.9 cm³/mol. The fraction of sp³-hybridized carbons (Fsp3) is 0.231. The number of hydrogen-bond donors (Lipinski definition) is 0. The number of halogens is 3. The second-order valence-electron chi connectivity index (χ2n) is 4.51. The van der Waals surface area contributed by atoms with Crippen LogP contribution in [0.25, 0.3) is 0 Å². The molecule has 0 aliphatic heterocycles. The summed E-state index contributed by atoms with van der Waals surface area (Å²) in [5.41, 5.74) is -0.506. The van der Waals surface area contributed by atoms with Gasteiger partial charge in [-0.3, -0.25) is 0 Å². The maximum absolute atomic E-state index is 12.7. The number of aromatic nitrogens is 2. The van der Waals surface area contributed by atoms with E-state index in [1.54, 1.807) is 6.07 Å². The Morgan fingerprint density at radius 3 is 2.64 bits per heavy atom. The first kappa shape index (κ1) is 15.5. The van der Waals surface area contributed by atoms with Crippen LogP contribution < -0.4 is 0 Å². The van der Waals surface area contributed by atoms with Crippen LogP contribution in [-0.2, 0) is 12.7 Å². The standard InChI is InChI=1S/C13H9F3N4O2/c1-8-11(6-17)12(20(21)22)18-19(8)7-9-3-2-4-10(5-9)13(14,15)16/h2-5H,7H2,1H3. The van der Waals surface area contributed by atoms with Crippen LogP contribution in [0, 0.1) is 28.4 Å². The summed E-state index contributed by atoms with van der Waals surface area (Å²) in [5, 5.41) is 23.4. The minimum absolute atomic E-state index is 0.0989. The van der Waals surface area contributed by atoms with E-state index < -0.39 is 22.5 Å². The van der Waals surface area contributed by atoms with Gasteiger partial charge in [0.1, 0.15) is 6.07 Å². The maximum atomic E-state index is 12.7. The fourth-order valence-corrected chi connectivity index (χ4v) is 1.96. The molecule has 2 aromatic rings. The third-order valence-electron chi connectivity index (χ3n) is 3.06. The molecular weight excluding hydrogens is 301 g/mol. The molecule has 0 amide bonds. The highest BCUT2D eigenvalue weighted by Gasteiger charge is 2.31. The van der Waals surface area contributed by atoms with Crippen molar-refractivity contribution in [3.63, 3.8) is 0 Å². The van der Waals surface area contributed by atoms with Crippen molar-refractivity contribution in [3.8, 4) is 6.07 Å². The Morgan fingerprint density at radius 1 is 1.45 bits per heavy atom. The highest BCUT2D eigenvalue weighted by molar-refractivity contribution is 5.46. The van der Waals surface area contributed by atoms with Crippen LogP contribution in [-0.4, -0.2) is 14.7 Å². The maximum Gasteiger partial charge on any atom is 0.416 e. The van der Waals surface area contributed by atoms with E-state index in [2.05, 4.69) is 5.10 Å². The highest BCUT2D eigenvalue weighted by atomic mass is 19.4. The Balaban J connectivity index is 2.40. The molecule has 2 rings (SSSR count). The molecule has 0 radical (unpaired) electrons. The Bertz CT molecular complexity index is 775. The number of hydrogen-bond acceptors (Lipinski definition) is 4. The van der Waals surface area contributed by atoms with E-state index in [4.69, 9.17) is 5.26 Å². The lowest BCUT2D eigenvalue weighted by atomic mass is 10.1. The summed E-state index contributed by atoms with van der Waals surface area (Å²) >= 11 is 0. The summed E-state index contributed by atoms with van der Waals surface area (Å²) in [5.74, 6) is -0.605. The zero-order chi connectivity index (χ0) is 16.5. The van der Waals surface area contributed by atoms with Gasteiger partial charge in [0.25, 0.3) is 0 Å². The largest absolute Gasteiger partial charge is 0.416 e. The highest BCUT2D eigenvalue weighted by Crippen LogP contribution is 2.30. The lowest BCUT2D eigenvalue weighted by Crippen LogP contribution is -2.08. The molecule has 0 unspecified atom stereocenters. The monoisotopic (exact) mass is 310 g/mol. The van der Waals surface area contributed by atoms with Gasteiger partial charge in [0.15, 0.2) is 5.56 Å². The summed E-state index contributed by atoms with van der Waals surface area (Å²) in [4.78, 5) is 10.0. The molecule has 0 fully saturated rings. The van der Waals surface area contributed by atoms with Gasteiger partial charge in [-0.1, -0.05) is 12.1 Å². The second kappa shape index (κ2) is 5.48. The number of alkyl halides is 3. The van der Waals surface area contributed by atoms with Crippen molar-refractivity contribution < 1.29 is 18.1 Å². The van der Waals surface area contributed by atoms with Crippen LogP contribution >= 0.6 is 0 Å². The molecule has 114 valence electrons. The van der Waals surface area contributed by atoms with Crippen LogP contribution in [0.1, 0.15) is 22.4 Å². The van der Waals surface area contributed by atoms with Crippen LogP contribution in [0.3, 0.4) is 0 Å². The topological polar surface area (TPSA) is 84.8 Å². The lowest BCUT2D eigenvalue weighted by molar-refractivity contribution is -0.390. The van der Waals surface area contributed by atoms with Gasteiger partial charge in [0.2, 0.25) is 0 Å². The number of nitro groups is 1. The molecule has 1 heterocycles. The number of benzene rings is 1. The Kier molecular flexibility index (Phi) is 3.86. The van der Waals surface area contributed by atoms with Crippen molar-refractivity contribution in [2.75, 3.05) is 0 Å². The van der Waals surface area contributed by atoms with Gasteiger partial charge in [-0.15, -0.1) is 0 Å². The fourth-order valence-electron chi connectivity index (χ4n) is 1.96. The second-order valence-corrected chi connectivity index (χ2v) is 4.51. The van der Waals surface area contributed by atoms with Crippen molar-refractivity contribution in [2.45, 2.75) is 19.6 Å². The molecule has 22 heavy (non-hydrogen) atoms. The van der Waals surface area contributed by atoms with E-state index in [1.165, 1.54) is 19.1 Å². The molecule has 0 saturated carbocycles. The van der Waals surface area contributed by atoms with E-state index in [0.29, 0.717) is 0 Å². The van der Waals surface area contributed by atoms with Crippen LogP contribution in [0.5, 0.6) is 0 Å². The van der Waals surface area contributed by atoms with E-state index in [1.807, 2.05) is 0 Å². The van der Waals surface area contributed by atoms with E-state index in [9.17, 15) is 23.3 Å². The van der Waals surface area contributed by atoms with E-state index >= 15 is 0 Å². The van der Waals surface area contributed by atoms with Crippen LogP contribution in [0.2, 0.25) is 0 Å². The predicted octanol–water partition coefficient (Wildman–Crippen LogP) is 3.04. The SMILES string of the molecule is Cc1c(C#N)c([N+](=O)[O-])nn1Cc1cccc(C(F)(F)F)c1. The summed E-state index contributed by atoms with van der Waals surface area (Å²) in [6, 6.07) is 6.26. The smallest absolute Gasteiger partial charge is 0.358 e. The molecule has 0 atom stereocenters. The number of nitriles is 1. The first-order valence-corrected chi connectivity index (χ1v) is 6.02. The van der Waals surface area contributed by atoms with Crippen molar-refractivity contribution >= 4 is 5.82 Å². The van der Waals surface area contributed by atoms with E-state index in [0.717, 1.165) is 16.8 Å². The molecule has 0 aliphatic rings. The minimum atomic E-state index is -4.47. The van der Waals surface area contributed by atoms with Gasteiger partial charge in [-0.2, -0.15) is 23.1 Å². The Hall–Kier alpha value is -2.89. The van der Waals surface area contributed by atoms with Gasteiger partial charge in [0.05, 0.1) is 22.9 Å². The average Bonchev–Trinajstić information content (AvgIpc) is 2.75. The molecule has 9 heteroatoms. The molecule has 0 spiro atoms. The zero-order valence-electron chi connectivity index (χ0n) is 11.3. The minimum Gasteiger partial charge on any atom is -0.358 e. The van der Waals surface area contributed by atoms with Crippen LogP contribution in [0.4, 0.5) is 19.0 Å². The van der Waals surface area contributed by atoms with Gasteiger partial charge in [-0.25, -0.2) is 0 Å². The van der Waals surface area contributed by atoms with Crippen LogP contribution in [0.15, 0.2) is 24.3 Å². The van der Waals surface area contributed by atoms with Crippen molar-refractivity contribution in [1.29, 1.82) is 5.26 Å². The molecule has 1 aromatic carbocycles. The molecule has 0 saturated heterocycles. The summed E-state index contributed by atoms with van der Waals surface area (Å²) in [6.07, 6.45) is -4.47. The zero-order valence-corrected chi connectivity index (χ0v) is 11.3. The van der Waals surface area contributed by atoms with Crippen molar-refractivity contribution in [1.82, 2.24) is 9.78 Å². The molecule has 1 aromatic heterocycles. The molecule has 0 N–H and O–H groups in total. The Labute approximate surface area is 122 Å². The van der Waals surface area contributed by atoms with Gasteiger partial charge in [0, 0.05) is 0 Å². The summed E-state index contributed by atoms with van der Waals surface area (Å²) in [6.45, 7) is 1.35. The Morgan fingerprint density at radius 2 is 2.14 bits per heavy atom. The molecular formula is C13H9F3N4O2. The molecule has 0 bridgehead atoms.